The number of rotatable bonds is 4. The number of halogens is 5. The molecule has 1 amide bonds. The number of nitrogens with one attached hydrogen (secondary N) is 1. The van der Waals surface area contributed by atoms with Crippen molar-refractivity contribution < 1.29 is 18.0 Å². The molecule has 0 saturated heterocycles. The van der Waals surface area contributed by atoms with E-state index in [4.69, 9.17) is 28.9 Å². The zero-order chi connectivity index (χ0) is 23.0. The number of aromatic nitrogens is 2. The zero-order valence-electron chi connectivity index (χ0n) is 16.9. The Hall–Kier alpha value is -2.45. The summed E-state index contributed by atoms with van der Waals surface area (Å²) < 4.78 is 40.8. The predicted molar refractivity (Wildman–Crippen MR) is 119 cm³/mol. The van der Waals surface area contributed by atoms with Gasteiger partial charge in [-0.2, -0.15) is 18.3 Å². The first kappa shape index (κ1) is 22.7. The molecule has 10 heteroatoms. The summed E-state index contributed by atoms with van der Waals surface area (Å²) in [6.07, 6.45) is -1.45. The Morgan fingerprint density at radius 2 is 1.84 bits per heavy atom. The van der Waals surface area contributed by atoms with Gasteiger partial charge in [-0.1, -0.05) is 29.3 Å². The fourth-order valence-electron chi connectivity index (χ4n) is 4.23. The third-order valence-corrected chi connectivity index (χ3v) is 6.55. The number of nitrogens with two attached hydrogens (primary N) is 1. The average molecular weight is 485 g/mol. The zero-order valence-corrected chi connectivity index (χ0v) is 18.4. The van der Waals surface area contributed by atoms with Crippen molar-refractivity contribution in [3.8, 4) is 0 Å². The van der Waals surface area contributed by atoms with E-state index >= 15 is 0 Å². The minimum atomic E-state index is -4.54. The molecule has 0 aliphatic heterocycles. The second-order valence-corrected chi connectivity index (χ2v) is 8.90. The van der Waals surface area contributed by atoms with E-state index < -0.39 is 17.6 Å². The van der Waals surface area contributed by atoms with Gasteiger partial charge in [-0.3, -0.25) is 9.48 Å². The van der Waals surface area contributed by atoms with Crippen LogP contribution >= 0.6 is 23.2 Å². The standard InChI is InChI=1S/C22H21Cl2F3N4O/c23-16-9-6-13(22(25,26)27)10-15(16)21(32)29-14-7-4-12(5-8-14)11-31-18-3-1-2-17(24)19(18)20(28)30-31/h1-3,6,9-10,12,14H,4-5,7-8,11H2,(H2,28,30)(H,29,32). The fourth-order valence-corrected chi connectivity index (χ4v) is 4.70. The van der Waals surface area contributed by atoms with E-state index in [1.807, 2.05) is 16.8 Å². The van der Waals surface area contributed by atoms with Crippen molar-refractivity contribution in [2.45, 2.75) is 44.4 Å². The molecule has 1 aliphatic carbocycles. The lowest BCUT2D eigenvalue weighted by atomic mass is 9.86. The molecule has 3 aromatic rings. The number of hydrogen-bond acceptors (Lipinski definition) is 3. The molecule has 0 spiro atoms. The Bertz CT molecular complexity index is 1150. The van der Waals surface area contributed by atoms with Crippen molar-refractivity contribution in [2.75, 3.05) is 5.73 Å². The number of nitrogen functional groups attached to an aromatic ring is 1. The van der Waals surface area contributed by atoms with E-state index in [2.05, 4.69) is 10.4 Å². The number of carbonyl (C=O) groups excluding carboxylic acids is 1. The summed E-state index contributed by atoms with van der Waals surface area (Å²) in [4.78, 5) is 12.6. The molecule has 0 radical (unpaired) electrons. The molecule has 32 heavy (non-hydrogen) atoms. The third kappa shape index (κ3) is 4.66. The smallest absolute Gasteiger partial charge is 0.382 e. The Kier molecular flexibility index (Phi) is 6.27. The van der Waals surface area contributed by atoms with Crippen LogP contribution in [-0.4, -0.2) is 21.7 Å². The van der Waals surface area contributed by atoms with Crippen molar-refractivity contribution in [2.24, 2.45) is 5.92 Å². The van der Waals surface area contributed by atoms with E-state index in [0.29, 0.717) is 36.1 Å². The largest absolute Gasteiger partial charge is 0.416 e. The molecule has 0 atom stereocenters. The number of fused-ring (bicyclic) bond motifs is 1. The highest BCUT2D eigenvalue weighted by molar-refractivity contribution is 6.36. The average Bonchev–Trinajstić information content (AvgIpc) is 3.05. The summed E-state index contributed by atoms with van der Waals surface area (Å²) in [6, 6.07) is 8.19. The molecular formula is C22H21Cl2F3N4O. The van der Waals surface area contributed by atoms with Gasteiger partial charge in [-0.05, 0) is 61.9 Å². The van der Waals surface area contributed by atoms with Crippen LogP contribution in [0.2, 0.25) is 10.0 Å². The highest BCUT2D eigenvalue weighted by Crippen LogP contribution is 2.33. The highest BCUT2D eigenvalue weighted by Gasteiger charge is 2.32. The maximum atomic E-state index is 13.0. The molecule has 170 valence electrons. The van der Waals surface area contributed by atoms with Gasteiger partial charge in [-0.25, -0.2) is 0 Å². The molecule has 0 bridgehead atoms. The normalized spacial score (nSPS) is 19.3. The summed E-state index contributed by atoms with van der Waals surface area (Å²) in [5.74, 6) is 0.135. The van der Waals surface area contributed by atoms with Crippen molar-refractivity contribution in [3.05, 3.63) is 57.6 Å². The summed E-state index contributed by atoms with van der Waals surface area (Å²) in [5.41, 5.74) is 5.83. The van der Waals surface area contributed by atoms with Crippen molar-refractivity contribution in [1.82, 2.24) is 15.1 Å². The van der Waals surface area contributed by atoms with E-state index in [9.17, 15) is 18.0 Å². The van der Waals surface area contributed by atoms with Gasteiger partial charge in [0, 0.05) is 12.6 Å². The van der Waals surface area contributed by atoms with Gasteiger partial charge in [0.1, 0.15) is 0 Å². The van der Waals surface area contributed by atoms with Crippen LogP contribution in [0.25, 0.3) is 10.9 Å². The quantitative estimate of drug-likeness (QED) is 0.481. The summed E-state index contributed by atoms with van der Waals surface area (Å²) in [5, 5.41) is 8.55. The van der Waals surface area contributed by atoms with Gasteiger partial charge < -0.3 is 11.1 Å². The molecule has 2 aromatic carbocycles. The third-order valence-electron chi connectivity index (χ3n) is 5.91. The van der Waals surface area contributed by atoms with Crippen LogP contribution in [0.15, 0.2) is 36.4 Å². The van der Waals surface area contributed by atoms with Crippen molar-refractivity contribution in [1.29, 1.82) is 0 Å². The van der Waals surface area contributed by atoms with E-state index in [-0.39, 0.29) is 16.6 Å². The molecule has 1 aromatic heterocycles. The fraction of sp³-hybridized carbons (Fsp3) is 0.364. The van der Waals surface area contributed by atoms with E-state index in [0.717, 1.165) is 41.9 Å². The molecule has 3 N–H and O–H groups in total. The highest BCUT2D eigenvalue weighted by atomic mass is 35.5. The van der Waals surface area contributed by atoms with Crippen LogP contribution in [0.5, 0.6) is 0 Å². The molecule has 1 fully saturated rings. The SMILES string of the molecule is Nc1nn(CC2CCC(NC(=O)c3cc(C(F)(F)F)ccc3Cl)CC2)c2cccc(Cl)c12. The van der Waals surface area contributed by atoms with Crippen LogP contribution in [-0.2, 0) is 12.7 Å². The van der Waals surface area contributed by atoms with Crippen LogP contribution in [0, 0.1) is 5.92 Å². The summed E-state index contributed by atoms with van der Waals surface area (Å²) in [6.45, 7) is 0.675. The number of amides is 1. The van der Waals surface area contributed by atoms with Crippen molar-refractivity contribution >= 4 is 45.8 Å². The molecule has 1 saturated carbocycles. The lowest BCUT2D eigenvalue weighted by Gasteiger charge is -2.29. The van der Waals surface area contributed by atoms with Gasteiger partial charge in [0.05, 0.1) is 32.1 Å². The second-order valence-electron chi connectivity index (χ2n) is 8.08. The Balaban J connectivity index is 1.38. The minimum absolute atomic E-state index is 0.00834. The number of hydrogen-bond donors (Lipinski definition) is 2. The summed E-state index contributed by atoms with van der Waals surface area (Å²) >= 11 is 12.2. The molecular weight excluding hydrogens is 464 g/mol. The van der Waals surface area contributed by atoms with Crippen LogP contribution in [0.4, 0.5) is 19.0 Å². The lowest BCUT2D eigenvalue weighted by molar-refractivity contribution is -0.137. The van der Waals surface area contributed by atoms with Crippen molar-refractivity contribution in [3.63, 3.8) is 0 Å². The Labute approximate surface area is 192 Å². The second kappa shape index (κ2) is 8.83. The summed E-state index contributed by atoms with van der Waals surface area (Å²) in [7, 11) is 0. The Morgan fingerprint density at radius 3 is 2.53 bits per heavy atom. The maximum absolute atomic E-state index is 13.0. The molecule has 4 rings (SSSR count). The van der Waals surface area contributed by atoms with Crippen LogP contribution < -0.4 is 11.1 Å². The van der Waals surface area contributed by atoms with E-state index in [1.54, 1.807) is 6.07 Å². The first-order valence-corrected chi connectivity index (χ1v) is 11.0. The molecule has 5 nitrogen and oxygen atoms in total. The van der Waals surface area contributed by atoms with Gasteiger partial charge in [-0.15, -0.1) is 0 Å². The number of alkyl halides is 3. The lowest BCUT2D eigenvalue weighted by Crippen LogP contribution is -2.38. The number of anilines is 1. The Morgan fingerprint density at radius 1 is 1.12 bits per heavy atom. The van der Waals surface area contributed by atoms with Crippen LogP contribution in [0.3, 0.4) is 0 Å². The number of nitrogens with zero attached hydrogens (tertiary/aromatic N) is 2. The van der Waals surface area contributed by atoms with Gasteiger partial charge in [0.15, 0.2) is 5.82 Å². The first-order chi connectivity index (χ1) is 15.1. The van der Waals surface area contributed by atoms with Gasteiger partial charge in [0.25, 0.3) is 5.91 Å². The van der Waals surface area contributed by atoms with Crippen LogP contribution in [0.1, 0.15) is 41.6 Å². The van der Waals surface area contributed by atoms with Gasteiger partial charge in [0.2, 0.25) is 0 Å². The monoisotopic (exact) mass is 484 g/mol. The van der Waals surface area contributed by atoms with E-state index in [1.165, 1.54) is 0 Å². The molecule has 0 unspecified atom stereocenters. The first-order valence-electron chi connectivity index (χ1n) is 10.2. The molecule has 1 aliphatic rings. The topological polar surface area (TPSA) is 72.9 Å². The minimum Gasteiger partial charge on any atom is -0.382 e. The maximum Gasteiger partial charge on any atom is 0.416 e. The predicted octanol–water partition coefficient (Wildman–Crippen LogP) is 5.93. The molecule has 1 heterocycles. The number of carbonyl (C=O) groups is 1. The number of benzene rings is 2. The van der Waals surface area contributed by atoms with Gasteiger partial charge >= 0.3 is 6.18 Å².